The molecule has 1 aliphatic rings. The third-order valence-corrected chi connectivity index (χ3v) is 3.78. The highest BCUT2D eigenvalue weighted by Crippen LogP contribution is 2.17. The Morgan fingerprint density at radius 1 is 1.52 bits per heavy atom. The number of nitrogens with one attached hydrogen (secondary N) is 1. The van der Waals surface area contributed by atoms with Gasteiger partial charge in [-0.05, 0) is 25.7 Å². The Bertz CT molecular complexity index is 585. The zero-order valence-corrected chi connectivity index (χ0v) is 12.8. The molecule has 1 fully saturated rings. The third kappa shape index (κ3) is 4.47. The number of nitriles is 1. The molecule has 0 radical (unpaired) electrons. The predicted octanol–water partition coefficient (Wildman–Crippen LogP) is -0.172. The topological polar surface area (TPSA) is 125 Å². The largest absolute Gasteiger partial charge is 0.351 e. The van der Waals surface area contributed by atoms with Gasteiger partial charge in [-0.15, -0.1) is 0 Å². The number of likely N-dealkylation sites (tertiary alicyclic amines) is 1. The van der Waals surface area contributed by atoms with E-state index in [1.807, 2.05) is 0 Å². The maximum absolute atomic E-state index is 12.2. The van der Waals surface area contributed by atoms with E-state index >= 15 is 0 Å². The molecule has 1 aromatic heterocycles. The number of nitrogens with two attached hydrogens (primary N) is 1. The van der Waals surface area contributed by atoms with Gasteiger partial charge in [0, 0.05) is 25.5 Å². The Morgan fingerprint density at radius 3 is 3.04 bits per heavy atom. The molecule has 2 rings (SSSR count). The molecule has 8 nitrogen and oxygen atoms in total. The molecular formula is C15H20N6O2. The number of carbonyl (C=O) groups is 2. The minimum absolute atomic E-state index is 0.186. The predicted molar refractivity (Wildman–Crippen MR) is 81.9 cm³/mol. The van der Waals surface area contributed by atoms with Crippen molar-refractivity contribution in [3.8, 4) is 6.07 Å². The van der Waals surface area contributed by atoms with E-state index in [0.717, 1.165) is 6.42 Å². The molecule has 0 aliphatic carbocycles. The number of amides is 2. The summed E-state index contributed by atoms with van der Waals surface area (Å²) in [5.74, 6) is -0.489. The molecule has 8 heteroatoms. The van der Waals surface area contributed by atoms with Crippen molar-refractivity contribution in [1.82, 2.24) is 20.2 Å². The summed E-state index contributed by atoms with van der Waals surface area (Å²) in [7, 11) is 0. The molecule has 1 saturated heterocycles. The van der Waals surface area contributed by atoms with Gasteiger partial charge in [0.1, 0.15) is 11.7 Å². The number of aromatic nitrogens is 2. The Balaban J connectivity index is 1.71. The van der Waals surface area contributed by atoms with Crippen molar-refractivity contribution in [2.75, 3.05) is 13.1 Å². The first-order chi connectivity index (χ1) is 11.1. The van der Waals surface area contributed by atoms with Crippen molar-refractivity contribution in [2.45, 2.75) is 37.8 Å². The Kier molecular flexibility index (Phi) is 6.00. The van der Waals surface area contributed by atoms with Crippen LogP contribution in [0.4, 0.5) is 0 Å². The molecule has 0 saturated carbocycles. The summed E-state index contributed by atoms with van der Waals surface area (Å²) >= 11 is 0. The second-order valence-electron chi connectivity index (χ2n) is 5.41. The zero-order chi connectivity index (χ0) is 16.7. The van der Waals surface area contributed by atoms with Gasteiger partial charge in [-0.1, -0.05) is 0 Å². The van der Waals surface area contributed by atoms with Crippen LogP contribution < -0.4 is 11.1 Å². The van der Waals surface area contributed by atoms with Crippen molar-refractivity contribution in [2.24, 2.45) is 5.73 Å². The van der Waals surface area contributed by atoms with E-state index in [1.54, 1.807) is 4.90 Å². The van der Waals surface area contributed by atoms with Gasteiger partial charge in [-0.25, -0.2) is 4.98 Å². The number of carbonyl (C=O) groups excluding carboxylic acids is 2. The molecule has 0 bridgehead atoms. The van der Waals surface area contributed by atoms with Crippen LogP contribution in [0.3, 0.4) is 0 Å². The Morgan fingerprint density at radius 2 is 2.35 bits per heavy atom. The molecule has 2 atom stereocenters. The van der Waals surface area contributed by atoms with Crippen LogP contribution >= 0.6 is 0 Å². The van der Waals surface area contributed by atoms with E-state index in [1.165, 1.54) is 18.6 Å². The first kappa shape index (κ1) is 16.8. The molecule has 2 amide bonds. The molecule has 0 unspecified atom stereocenters. The lowest BCUT2D eigenvalue weighted by molar-refractivity contribution is -0.132. The summed E-state index contributed by atoms with van der Waals surface area (Å²) in [6, 6.07) is 1.13. The Labute approximate surface area is 134 Å². The maximum atomic E-state index is 12.2. The molecule has 122 valence electrons. The highest BCUT2D eigenvalue weighted by molar-refractivity contribution is 5.91. The standard InChI is InChI=1S/C15H20N6O2/c16-9-11-3-2-8-21(11)15(23)12(17)4-1-5-20-14(22)13-10-18-6-7-19-13/h6-7,10-12H,1-5,8,17H2,(H,20,22)/t11-,12-/m0/s1. The normalized spacial score (nSPS) is 18.3. The molecule has 0 aromatic carbocycles. The Hall–Kier alpha value is -2.53. The molecule has 3 N–H and O–H groups in total. The van der Waals surface area contributed by atoms with Gasteiger partial charge in [-0.3, -0.25) is 14.6 Å². The zero-order valence-electron chi connectivity index (χ0n) is 12.8. The number of nitrogens with zero attached hydrogens (tertiary/aromatic N) is 4. The fraction of sp³-hybridized carbons (Fsp3) is 0.533. The average molecular weight is 316 g/mol. The molecule has 2 heterocycles. The van der Waals surface area contributed by atoms with E-state index in [0.29, 0.717) is 32.4 Å². The van der Waals surface area contributed by atoms with Gasteiger partial charge in [-0.2, -0.15) is 5.26 Å². The summed E-state index contributed by atoms with van der Waals surface area (Å²) in [5, 5.41) is 11.7. The van der Waals surface area contributed by atoms with Crippen LogP contribution in [0.5, 0.6) is 0 Å². The van der Waals surface area contributed by atoms with Gasteiger partial charge in [0.2, 0.25) is 5.91 Å². The third-order valence-electron chi connectivity index (χ3n) is 3.78. The van der Waals surface area contributed by atoms with Crippen LogP contribution in [-0.4, -0.2) is 51.9 Å². The minimum atomic E-state index is -0.641. The SMILES string of the molecule is N#C[C@@H]1CCCN1C(=O)[C@@H](N)CCCNC(=O)c1cnccn1. The highest BCUT2D eigenvalue weighted by Gasteiger charge is 2.31. The summed E-state index contributed by atoms with van der Waals surface area (Å²) in [4.78, 5) is 33.2. The summed E-state index contributed by atoms with van der Waals surface area (Å²) in [6.45, 7) is 0.992. The van der Waals surface area contributed by atoms with E-state index in [2.05, 4.69) is 21.4 Å². The van der Waals surface area contributed by atoms with E-state index < -0.39 is 6.04 Å². The second-order valence-corrected chi connectivity index (χ2v) is 5.41. The lowest BCUT2D eigenvalue weighted by Gasteiger charge is -2.23. The molecular weight excluding hydrogens is 296 g/mol. The van der Waals surface area contributed by atoms with Crippen LogP contribution in [-0.2, 0) is 4.79 Å². The minimum Gasteiger partial charge on any atom is -0.351 e. The molecule has 1 aromatic rings. The van der Waals surface area contributed by atoms with E-state index in [4.69, 9.17) is 11.0 Å². The average Bonchev–Trinajstić information content (AvgIpc) is 3.07. The lowest BCUT2D eigenvalue weighted by atomic mass is 10.1. The lowest BCUT2D eigenvalue weighted by Crippen LogP contribution is -2.45. The highest BCUT2D eigenvalue weighted by atomic mass is 16.2. The van der Waals surface area contributed by atoms with Gasteiger partial charge in [0.25, 0.3) is 5.91 Å². The molecule has 0 spiro atoms. The van der Waals surface area contributed by atoms with Crippen molar-refractivity contribution >= 4 is 11.8 Å². The van der Waals surface area contributed by atoms with Crippen LogP contribution in [0.1, 0.15) is 36.2 Å². The van der Waals surface area contributed by atoms with Crippen LogP contribution in [0, 0.1) is 11.3 Å². The quantitative estimate of drug-likeness (QED) is 0.702. The maximum Gasteiger partial charge on any atom is 0.271 e. The van der Waals surface area contributed by atoms with Crippen LogP contribution in [0.25, 0.3) is 0 Å². The monoisotopic (exact) mass is 316 g/mol. The van der Waals surface area contributed by atoms with Crippen LogP contribution in [0.2, 0.25) is 0 Å². The van der Waals surface area contributed by atoms with Crippen molar-refractivity contribution in [1.29, 1.82) is 5.26 Å². The number of hydrogen-bond acceptors (Lipinski definition) is 6. The fourth-order valence-electron chi connectivity index (χ4n) is 2.53. The van der Waals surface area contributed by atoms with Gasteiger partial charge < -0.3 is 16.0 Å². The van der Waals surface area contributed by atoms with Crippen molar-refractivity contribution < 1.29 is 9.59 Å². The van der Waals surface area contributed by atoms with Gasteiger partial charge in [0.05, 0.1) is 18.3 Å². The van der Waals surface area contributed by atoms with Gasteiger partial charge in [0.15, 0.2) is 0 Å². The summed E-state index contributed by atoms with van der Waals surface area (Å²) in [5.41, 5.74) is 6.16. The van der Waals surface area contributed by atoms with Gasteiger partial charge >= 0.3 is 0 Å². The summed E-state index contributed by atoms with van der Waals surface area (Å²) < 4.78 is 0. The smallest absolute Gasteiger partial charge is 0.271 e. The summed E-state index contributed by atoms with van der Waals surface area (Å²) in [6.07, 6.45) is 6.91. The van der Waals surface area contributed by atoms with Crippen LogP contribution in [0.15, 0.2) is 18.6 Å². The molecule has 23 heavy (non-hydrogen) atoms. The fourth-order valence-corrected chi connectivity index (χ4v) is 2.53. The first-order valence-electron chi connectivity index (χ1n) is 7.63. The number of rotatable bonds is 6. The number of hydrogen-bond donors (Lipinski definition) is 2. The second kappa shape index (κ2) is 8.19. The van der Waals surface area contributed by atoms with E-state index in [9.17, 15) is 9.59 Å². The van der Waals surface area contributed by atoms with Crippen molar-refractivity contribution in [3.05, 3.63) is 24.3 Å². The first-order valence-corrected chi connectivity index (χ1v) is 7.63. The molecule has 1 aliphatic heterocycles. The van der Waals surface area contributed by atoms with E-state index in [-0.39, 0.29) is 23.6 Å². The van der Waals surface area contributed by atoms with Crippen molar-refractivity contribution in [3.63, 3.8) is 0 Å².